The number of aliphatic imine (C=N–C) groups is 1. The molecule has 1 aromatic rings. The normalized spacial score (nSPS) is 32.6. The molecule has 1 saturated carbocycles. The van der Waals surface area contributed by atoms with Crippen LogP contribution in [-0.4, -0.2) is 41.5 Å². The van der Waals surface area contributed by atoms with E-state index in [1.54, 1.807) is 0 Å². The number of nitrogens with one attached hydrogen (secondary N) is 1. The maximum Gasteiger partial charge on any atom is 0.156 e. The van der Waals surface area contributed by atoms with E-state index in [0.717, 1.165) is 24.9 Å². The Kier molecular flexibility index (Phi) is 3.44. The van der Waals surface area contributed by atoms with Crippen LogP contribution < -0.4 is 5.32 Å². The van der Waals surface area contributed by atoms with Gasteiger partial charge in [-0.05, 0) is 23.8 Å². The molecule has 0 bridgehead atoms. The maximum absolute atomic E-state index is 4.58. The van der Waals surface area contributed by atoms with Crippen LogP contribution in [0.1, 0.15) is 12.0 Å². The van der Waals surface area contributed by atoms with Gasteiger partial charge >= 0.3 is 0 Å². The SMILES string of the molecule is c1ccc(CN2CC3C(C2)C3NC2=NCCCS2)cc1. The Labute approximate surface area is 124 Å². The zero-order valence-corrected chi connectivity index (χ0v) is 12.5. The second-order valence-corrected chi connectivity index (χ2v) is 7.15. The number of rotatable bonds is 3. The Morgan fingerprint density at radius 3 is 2.70 bits per heavy atom. The minimum absolute atomic E-state index is 0.700. The number of fused-ring (bicyclic) bond motifs is 1. The molecule has 2 fully saturated rings. The van der Waals surface area contributed by atoms with E-state index < -0.39 is 0 Å². The molecule has 1 aromatic carbocycles. The highest BCUT2D eigenvalue weighted by Gasteiger charge is 2.55. The van der Waals surface area contributed by atoms with Gasteiger partial charge in [0.15, 0.2) is 5.17 Å². The third kappa shape index (κ3) is 2.59. The van der Waals surface area contributed by atoms with Gasteiger partial charge in [0.1, 0.15) is 0 Å². The van der Waals surface area contributed by atoms with Gasteiger partial charge in [0.2, 0.25) is 0 Å². The Balaban J connectivity index is 1.27. The highest BCUT2D eigenvalue weighted by atomic mass is 32.2. The van der Waals surface area contributed by atoms with Crippen molar-refractivity contribution in [2.75, 3.05) is 25.4 Å². The van der Waals surface area contributed by atoms with Crippen LogP contribution >= 0.6 is 11.8 Å². The number of benzene rings is 1. The molecule has 3 nitrogen and oxygen atoms in total. The lowest BCUT2D eigenvalue weighted by atomic mass is 10.2. The number of piperidine rings is 1. The molecule has 4 heteroatoms. The molecule has 2 heterocycles. The van der Waals surface area contributed by atoms with Crippen molar-refractivity contribution in [3.8, 4) is 0 Å². The van der Waals surface area contributed by atoms with Crippen molar-refractivity contribution in [1.82, 2.24) is 10.2 Å². The fraction of sp³-hybridized carbons (Fsp3) is 0.562. The summed E-state index contributed by atoms with van der Waals surface area (Å²) in [6, 6.07) is 11.5. The van der Waals surface area contributed by atoms with E-state index in [4.69, 9.17) is 0 Å². The van der Waals surface area contributed by atoms with Crippen LogP contribution in [0.5, 0.6) is 0 Å². The molecule has 1 saturated heterocycles. The highest BCUT2D eigenvalue weighted by molar-refractivity contribution is 8.13. The zero-order chi connectivity index (χ0) is 13.4. The van der Waals surface area contributed by atoms with Gasteiger partial charge in [0, 0.05) is 38.0 Å². The zero-order valence-electron chi connectivity index (χ0n) is 11.7. The summed E-state index contributed by atoms with van der Waals surface area (Å²) in [5.41, 5.74) is 1.44. The number of nitrogens with zero attached hydrogens (tertiary/aromatic N) is 2. The van der Waals surface area contributed by atoms with Crippen molar-refractivity contribution in [1.29, 1.82) is 0 Å². The van der Waals surface area contributed by atoms with E-state index in [0.29, 0.717) is 6.04 Å². The topological polar surface area (TPSA) is 27.6 Å². The average Bonchev–Trinajstić information content (AvgIpc) is 2.95. The molecule has 2 unspecified atom stereocenters. The molecule has 2 atom stereocenters. The van der Waals surface area contributed by atoms with E-state index in [1.165, 1.54) is 36.0 Å². The van der Waals surface area contributed by atoms with Gasteiger partial charge in [-0.1, -0.05) is 42.1 Å². The van der Waals surface area contributed by atoms with Gasteiger partial charge in [0.25, 0.3) is 0 Å². The fourth-order valence-electron chi connectivity index (χ4n) is 3.49. The summed E-state index contributed by atoms with van der Waals surface area (Å²) < 4.78 is 0. The summed E-state index contributed by atoms with van der Waals surface area (Å²) in [5, 5.41) is 4.86. The van der Waals surface area contributed by atoms with Gasteiger partial charge in [0.05, 0.1) is 0 Å². The molecular formula is C16H21N3S. The predicted molar refractivity (Wildman–Crippen MR) is 85.0 cm³/mol. The summed E-state index contributed by atoms with van der Waals surface area (Å²) in [4.78, 5) is 7.17. The first-order valence-corrected chi connectivity index (χ1v) is 8.59. The minimum atomic E-state index is 0.700. The molecular weight excluding hydrogens is 266 g/mol. The Morgan fingerprint density at radius 2 is 2.00 bits per heavy atom. The molecule has 2 aliphatic heterocycles. The van der Waals surface area contributed by atoms with Crippen molar-refractivity contribution >= 4 is 16.9 Å². The van der Waals surface area contributed by atoms with Crippen molar-refractivity contribution in [3.05, 3.63) is 35.9 Å². The highest BCUT2D eigenvalue weighted by Crippen LogP contribution is 2.46. The second kappa shape index (κ2) is 5.41. The van der Waals surface area contributed by atoms with E-state index in [9.17, 15) is 0 Å². The monoisotopic (exact) mass is 287 g/mol. The molecule has 4 rings (SSSR count). The van der Waals surface area contributed by atoms with Gasteiger partial charge in [-0.2, -0.15) is 0 Å². The van der Waals surface area contributed by atoms with Crippen LogP contribution in [0.25, 0.3) is 0 Å². The Morgan fingerprint density at radius 1 is 1.20 bits per heavy atom. The van der Waals surface area contributed by atoms with Gasteiger partial charge in [-0.25, -0.2) is 0 Å². The van der Waals surface area contributed by atoms with Crippen LogP contribution in [-0.2, 0) is 6.54 Å². The Hall–Kier alpha value is -1.00. The quantitative estimate of drug-likeness (QED) is 0.923. The molecule has 0 radical (unpaired) electrons. The molecule has 3 aliphatic rings. The predicted octanol–water partition coefficient (Wildman–Crippen LogP) is 2.20. The second-order valence-electron chi connectivity index (χ2n) is 6.07. The van der Waals surface area contributed by atoms with Crippen molar-refractivity contribution in [2.45, 2.75) is 19.0 Å². The molecule has 0 amide bonds. The molecule has 106 valence electrons. The number of amidine groups is 1. The first-order chi connectivity index (χ1) is 9.90. The standard InChI is InChI=1S/C16H21N3S/c1-2-5-12(6-3-1)9-19-10-13-14(11-19)15(13)18-16-17-7-4-8-20-16/h1-3,5-6,13-15H,4,7-11H2,(H,17,18). The minimum Gasteiger partial charge on any atom is -0.362 e. The number of likely N-dealkylation sites (tertiary alicyclic amines) is 1. The number of thioether (sulfide) groups is 1. The van der Waals surface area contributed by atoms with E-state index in [-0.39, 0.29) is 0 Å². The van der Waals surface area contributed by atoms with Crippen molar-refractivity contribution in [3.63, 3.8) is 0 Å². The maximum atomic E-state index is 4.58. The van der Waals surface area contributed by atoms with Crippen molar-refractivity contribution < 1.29 is 0 Å². The molecule has 20 heavy (non-hydrogen) atoms. The third-order valence-corrected chi connectivity index (χ3v) is 5.62. The lowest BCUT2D eigenvalue weighted by Gasteiger charge is -2.21. The third-order valence-electron chi connectivity index (χ3n) is 4.61. The lowest BCUT2D eigenvalue weighted by Crippen LogP contribution is -2.34. The number of hydrogen-bond acceptors (Lipinski definition) is 4. The first-order valence-electron chi connectivity index (χ1n) is 7.60. The van der Waals surface area contributed by atoms with Crippen LogP contribution in [0.15, 0.2) is 35.3 Å². The van der Waals surface area contributed by atoms with Gasteiger partial charge in [-0.15, -0.1) is 0 Å². The average molecular weight is 287 g/mol. The molecule has 0 spiro atoms. The number of hydrogen-bond donors (Lipinski definition) is 1. The fourth-order valence-corrected chi connectivity index (χ4v) is 4.36. The van der Waals surface area contributed by atoms with E-state index >= 15 is 0 Å². The van der Waals surface area contributed by atoms with E-state index in [1.807, 2.05) is 11.8 Å². The first kappa shape index (κ1) is 12.7. The van der Waals surface area contributed by atoms with Gasteiger partial charge < -0.3 is 5.32 Å². The summed E-state index contributed by atoms with van der Waals surface area (Å²) in [7, 11) is 0. The van der Waals surface area contributed by atoms with E-state index in [2.05, 4.69) is 45.5 Å². The summed E-state index contributed by atoms with van der Waals surface area (Å²) in [6.07, 6.45) is 1.23. The summed E-state index contributed by atoms with van der Waals surface area (Å²) in [5.74, 6) is 2.93. The van der Waals surface area contributed by atoms with Crippen molar-refractivity contribution in [2.24, 2.45) is 16.8 Å². The summed E-state index contributed by atoms with van der Waals surface area (Å²) >= 11 is 1.90. The van der Waals surface area contributed by atoms with Crippen LogP contribution in [0.2, 0.25) is 0 Å². The molecule has 1 aliphatic carbocycles. The molecule has 1 N–H and O–H groups in total. The van der Waals surface area contributed by atoms with Crippen LogP contribution in [0.3, 0.4) is 0 Å². The van der Waals surface area contributed by atoms with Crippen LogP contribution in [0, 0.1) is 11.8 Å². The van der Waals surface area contributed by atoms with Gasteiger partial charge in [-0.3, -0.25) is 9.89 Å². The van der Waals surface area contributed by atoms with Crippen LogP contribution in [0.4, 0.5) is 0 Å². The lowest BCUT2D eigenvalue weighted by molar-refractivity contribution is 0.287. The summed E-state index contributed by atoms with van der Waals surface area (Å²) in [6.45, 7) is 4.61. The molecule has 0 aromatic heterocycles. The smallest absolute Gasteiger partial charge is 0.156 e. The largest absolute Gasteiger partial charge is 0.362 e. The Bertz CT molecular complexity index is 490.